The number of non-ortho nitro benzene ring substituents is 1. The number of aromatic nitrogens is 1. The molecule has 6 heteroatoms. The molecule has 0 saturated carbocycles. The lowest BCUT2D eigenvalue weighted by atomic mass is 10.2. The van der Waals surface area contributed by atoms with Gasteiger partial charge in [-0.25, -0.2) is 0 Å². The second kappa shape index (κ2) is 6.01. The average Bonchev–Trinajstić information content (AvgIpc) is 2.95. The Hall–Kier alpha value is -3.28. The molecule has 22 heavy (non-hydrogen) atoms. The number of aromatic amines is 1. The van der Waals surface area contributed by atoms with Crippen molar-refractivity contribution in [1.82, 2.24) is 4.98 Å². The Kier molecular flexibility index (Phi) is 3.74. The molecule has 3 aromatic rings. The van der Waals surface area contributed by atoms with Crippen molar-refractivity contribution in [3.8, 4) is 0 Å². The number of nitro benzene ring substituents is 1. The molecule has 0 aliphatic rings. The van der Waals surface area contributed by atoms with Crippen LogP contribution in [0.3, 0.4) is 0 Å². The molecule has 1 aromatic heterocycles. The molecule has 0 bridgehead atoms. The molecule has 108 valence electrons. The summed E-state index contributed by atoms with van der Waals surface area (Å²) in [5.41, 5.74) is 2.81. The molecular formula is C16H12N4O2. The van der Waals surface area contributed by atoms with Gasteiger partial charge in [0.25, 0.3) is 5.69 Å². The van der Waals surface area contributed by atoms with Gasteiger partial charge in [-0.3, -0.25) is 10.1 Å². The van der Waals surface area contributed by atoms with E-state index >= 15 is 0 Å². The Balaban J connectivity index is 1.72. The highest BCUT2D eigenvalue weighted by molar-refractivity contribution is 5.99. The first kappa shape index (κ1) is 13.7. The maximum absolute atomic E-state index is 10.6. The Morgan fingerprint density at radius 3 is 2.50 bits per heavy atom. The van der Waals surface area contributed by atoms with Crippen molar-refractivity contribution in [2.45, 2.75) is 0 Å². The summed E-state index contributed by atoms with van der Waals surface area (Å²) in [6.45, 7) is 0. The van der Waals surface area contributed by atoms with E-state index in [1.54, 1.807) is 24.6 Å². The minimum Gasteiger partial charge on any atom is -0.361 e. The SMILES string of the molecule is O=[N+]([O-])c1ccc(C=N/N=C/c2c[nH]c3ccccc23)cc1. The van der Waals surface area contributed by atoms with E-state index in [0.29, 0.717) is 0 Å². The number of rotatable bonds is 4. The van der Waals surface area contributed by atoms with Crippen molar-refractivity contribution < 1.29 is 4.92 Å². The largest absolute Gasteiger partial charge is 0.361 e. The molecule has 0 saturated heterocycles. The summed E-state index contributed by atoms with van der Waals surface area (Å²) in [4.78, 5) is 13.3. The molecule has 0 unspecified atom stereocenters. The van der Waals surface area contributed by atoms with Gasteiger partial charge in [-0.2, -0.15) is 10.2 Å². The summed E-state index contributed by atoms with van der Waals surface area (Å²) in [7, 11) is 0. The van der Waals surface area contributed by atoms with Gasteiger partial charge in [-0.05, 0) is 23.8 Å². The van der Waals surface area contributed by atoms with Crippen LogP contribution in [0.5, 0.6) is 0 Å². The normalized spacial score (nSPS) is 11.6. The number of H-pyrrole nitrogens is 1. The molecule has 0 spiro atoms. The van der Waals surface area contributed by atoms with Gasteiger partial charge in [0.15, 0.2) is 0 Å². The molecule has 0 amide bonds. The molecule has 1 heterocycles. The molecule has 0 aliphatic heterocycles. The third-order valence-electron chi connectivity index (χ3n) is 3.20. The topological polar surface area (TPSA) is 83.7 Å². The Bertz CT molecular complexity index is 863. The lowest BCUT2D eigenvalue weighted by molar-refractivity contribution is -0.384. The number of hydrogen-bond donors (Lipinski definition) is 1. The zero-order chi connectivity index (χ0) is 15.4. The fourth-order valence-corrected chi connectivity index (χ4v) is 2.08. The number of nitrogens with one attached hydrogen (secondary N) is 1. The minimum absolute atomic E-state index is 0.0550. The van der Waals surface area contributed by atoms with E-state index in [9.17, 15) is 10.1 Å². The monoisotopic (exact) mass is 292 g/mol. The summed E-state index contributed by atoms with van der Waals surface area (Å²) in [5, 5.41) is 19.6. The summed E-state index contributed by atoms with van der Waals surface area (Å²) < 4.78 is 0. The first-order valence-electron chi connectivity index (χ1n) is 6.61. The molecule has 2 aromatic carbocycles. The maximum Gasteiger partial charge on any atom is 0.269 e. The number of fused-ring (bicyclic) bond motifs is 1. The number of nitrogens with zero attached hydrogens (tertiary/aromatic N) is 3. The van der Waals surface area contributed by atoms with E-state index < -0.39 is 4.92 Å². The van der Waals surface area contributed by atoms with Crippen molar-refractivity contribution in [3.05, 3.63) is 76.0 Å². The van der Waals surface area contributed by atoms with Gasteiger partial charge < -0.3 is 4.98 Å². The van der Waals surface area contributed by atoms with Gasteiger partial charge in [0.1, 0.15) is 0 Å². The molecule has 3 rings (SSSR count). The first-order valence-corrected chi connectivity index (χ1v) is 6.61. The minimum atomic E-state index is -0.434. The zero-order valence-corrected chi connectivity index (χ0v) is 11.5. The quantitative estimate of drug-likeness (QED) is 0.453. The van der Waals surface area contributed by atoms with Crippen LogP contribution in [0.15, 0.2) is 64.9 Å². The molecule has 1 N–H and O–H groups in total. The number of para-hydroxylation sites is 1. The van der Waals surface area contributed by atoms with Crippen LogP contribution in [0.4, 0.5) is 5.69 Å². The Morgan fingerprint density at radius 1 is 1.00 bits per heavy atom. The van der Waals surface area contributed by atoms with Crippen LogP contribution >= 0.6 is 0 Å². The fraction of sp³-hybridized carbons (Fsp3) is 0. The van der Waals surface area contributed by atoms with Crippen molar-refractivity contribution in [3.63, 3.8) is 0 Å². The molecular weight excluding hydrogens is 280 g/mol. The molecule has 0 atom stereocenters. The van der Waals surface area contributed by atoms with Gasteiger partial charge in [0.2, 0.25) is 0 Å². The van der Waals surface area contributed by atoms with Gasteiger partial charge in [-0.15, -0.1) is 0 Å². The van der Waals surface area contributed by atoms with Crippen LogP contribution in [0.25, 0.3) is 10.9 Å². The van der Waals surface area contributed by atoms with E-state index in [-0.39, 0.29) is 5.69 Å². The summed E-state index contributed by atoms with van der Waals surface area (Å²) >= 11 is 0. The van der Waals surface area contributed by atoms with E-state index in [1.165, 1.54) is 12.1 Å². The van der Waals surface area contributed by atoms with Gasteiger partial charge in [-0.1, -0.05) is 18.2 Å². The van der Waals surface area contributed by atoms with E-state index in [0.717, 1.165) is 22.0 Å². The maximum atomic E-state index is 10.6. The summed E-state index contributed by atoms with van der Waals surface area (Å²) in [5.74, 6) is 0. The number of benzene rings is 2. The van der Waals surface area contributed by atoms with Crippen molar-refractivity contribution in [1.29, 1.82) is 0 Å². The predicted molar refractivity (Wildman–Crippen MR) is 86.6 cm³/mol. The smallest absolute Gasteiger partial charge is 0.269 e. The van der Waals surface area contributed by atoms with Gasteiger partial charge in [0.05, 0.1) is 17.4 Å². The molecule has 6 nitrogen and oxygen atoms in total. The lowest BCUT2D eigenvalue weighted by Gasteiger charge is -1.92. The zero-order valence-electron chi connectivity index (χ0n) is 11.5. The van der Waals surface area contributed by atoms with Crippen LogP contribution in [0.2, 0.25) is 0 Å². The first-order chi connectivity index (χ1) is 10.7. The van der Waals surface area contributed by atoms with Crippen molar-refractivity contribution in [2.24, 2.45) is 10.2 Å². The van der Waals surface area contributed by atoms with Crippen LogP contribution in [0.1, 0.15) is 11.1 Å². The third-order valence-corrected chi connectivity index (χ3v) is 3.20. The molecule has 0 fully saturated rings. The van der Waals surface area contributed by atoms with Crippen molar-refractivity contribution >= 4 is 29.0 Å². The second-order valence-corrected chi connectivity index (χ2v) is 4.63. The third kappa shape index (κ3) is 2.90. The highest BCUT2D eigenvalue weighted by Crippen LogP contribution is 2.15. The van der Waals surface area contributed by atoms with Crippen molar-refractivity contribution in [2.75, 3.05) is 0 Å². The average molecular weight is 292 g/mol. The number of hydrogen-bond acceptors (Lipinski definition) is 4. The second-order valence-electron chi connectivity index (χ2n) is 4.63. The Labute approximate surface area is 126 Å². The molecule has 0 radical (unpaired) electrons. The van der Waals surface area contributed by atoms with Crippen LogP contribution in [0, 0.1) is 10.1 Å². The van der Waals surface area contributed by atoms with Gasteiger partial charge >= 0.3 is 0 Å². The van der Waals surface area contributed by atoms with E-state index in [1.807, 2.05) is 30.5 Å². The standard InChI is InChI=1S/C16H12N4O2/c21-20(22)14-7-5-12(6-8-14)9-18-19-11-13-10-17-16-4-2-1-3-15(13)16/h1-11,17H/b18-9?,19-11+. The van der Waals surface area contributed by atoms with Gasteiger partial charge in [0, 0.05) is 34.8 Å². The van der Waals surface area contributed by atoms with Crippen LogP contribution in [-0.4, -0.2) is 22.3 Å². The highest BCUT2D eigenvalue weighted by Gasteiger charge is 2.02. The summed E-state index contributed by atoms with van der Waals surface area (Å²) in [6, 6.07) is 14.1. The van der Waals surface area contributed by atoms with E-state index in [4.69, 9.17) is 0 Å². The highest BCUT2D eigenvalue weighted by atomic mass is 16.6. The summed E-state index contributed by atoms with van der Waals surface area (Å²) in [6.07, 6.45) is 5.09. The van der Waals surface area contributed by atoms with Crippen LogP contribution in [-0.2, 0) is 0 Å². The van der Waals surface area contributed by atoms with E-state index in [2.05, 4.69) is 15.2 Å². The lowest BCUT2D eigenvalue weighted by Crippen LogP contribution is -1.88. The van der Waals surface area contributed by atoms with Crippen LogP contribution < -0.4 is 0 Å². The Morgan fingerprint density at radius 2 is 1.73 bits per heavy atom. The fourth-order valence-electron chi connectivity index (χ4n) is 2.08. The predicted octanol–water partition coefficient (Wildman–Crippen LogP) is 3.53. The number of nitro groups is 1. The molecule has 0 aliphatic carbocycles.